The van der Waals surface area contributed by atoms with Gasteiger partial charge in [-0.25, -0.2) is 0 Å². The van der Waals surface area contributed by atoms with E-state index in [9.17, 15) is 0 Å². The Hall–Kier alpha value is -2.87. The van der Waals surface area contributed by atoms with Gasteiger partial charge in [0.2, 0.25) is 0 Å². The van der Waals surface area contributed by atoms with Crippen LogP contribution >= 0.6 is 0 Å². The number of hydrogen-bond acceptors (Lipinski definition) is 4. The standard InChI is InChI=1S/C15H13N5/c16-10-13-5-6-15(20-19-13)17-8-7-12-9-11-3-1-2-4-14(11)18-12/h1-6,9,18H,7-8H2,(H,17,20). The van der Waals surface area contributed by atoms with E-state index < -0.39 is 0 Å². The van der Waals surface area contributed by atoms with Crippen LogP contribution in [0.3, 0.4) is 0 Å². The van der Waals surface area contributed by atoms with Crippen LogP contribution in [-0.4, -0.2) is 21.7 Å². The van der Waals surface area contributed by atoms with Crippen LogP contribution in [0, 0.1) is 11.3 Å². The van der Waals surface area contributed by atoms with Crippen molar-refractivity contribution in [3.63, 3.8) is 0 Å². The van der Waals surface area contributed by atoms with Crippen LogP contribution in [0.4, 0.5) is 5.82 Å². The lowest BCUT2D eigenvalue weighted by Crippen LogP contribution is -2.07. The number of nitrogens with zero attached hydrogens (tertiary/aromatic N) is 3. The second-order valence-electron chi connectivity index (χ2n) is 4.47. The maximum absolute atomic E-state index is 8.65. The predicted octanol–water partition coefficient (Wildman–Crippen LogP) is 2.48. The minimum Gasteiger partial charge on any atom is -0.368 e. The van der Waals surface area contributed by atoms with Gasteiger partial charge in [0.05, 0.1) is 0 Å². The number of rotatable bonds is 4. The highest BCUT2D eigenvalue weighted by Gasteiger charge is 2.00. The number of aromatic amines is 1. The highest BCUT2D eigenvalue weighted by atomic mass is 15.2. The van der Waals surface area contributed by atoms with E-state index in [-0.39, 0.29) is 0 Å². The molecule has 0 radical (unpaired) electrons. The van der Waals surface area contributed by atoms with E-state index in [1.807, 2.05) is 18.2 Å². The lowest BCUT2D eigenvalue weighted by atomic mass is 10.2. The molecule has 0 spiro atoms. The first-order chi connectivity index (χ1) is 9.85. The van der Waals surface area contributed by atoms with Crippen LogP contribution in [0.25, 0.3) is 10.9 Å². The van der Waals surface area contributed by atoms with E-state index >= 15 is 0 Å². The molecule has 0 saturated carbocycles. The third-order valence-corrected chi connectivity index (χ3v) is 3.07. The molecule has 2 heterocycles. The summed E-state index contributed by atoms with van der Waals surface area (Å²) < 4.78 is 0. The average molecular weight is 263 g/mol. The van der Waals surface area contributed by atoms with Crippen LogP contribution in [0.5, 0.6) is 0 Å². The van der Waals surface area contributed by atoms with Crippen molar-refractivity contribution in [3.8, 4) is 6.07 Å². The Morgan fingerprint density at radius 2 is 2.05 bits per heavy atom. The van der Waals surface area contributed by atoms with E-state index in [2.05, 4.69) is 38.7 Å². The zero-order valence-electron chi connectivity index (χ0n) is 10.8. The third-order valence-electron chi connectivity index (χ3n) is 3.07. The Morgan fingerprint density at radius 3 is 2.80 bits per heavy atom. The fourth-order valence-electron chi connectivity index (χ4n) is 2.08. The zero-order chi connectivity index (χ0) is 13.8. The summed E-state index contributed by atoms with van der Waals surface area (Å²) in [7, 11) is 0. The van der Waals surface area contributed by atoms with Crippen molar-refractivity contribution in [2.75, 3.05) is 11.9 Å². The van der Waals surface area contributed by atoms with Gasteiger partial charge in [-0.15, -0.1) is 10.2 Å². The quantitative estimate of drug-likeness (QED) is 0.758. The molecule has 5 nitrogen and oxygen atoms in total. The van der Waals surface area contributed by atoms with Crippen LogP contribution in [0.15, 0.2) is 42.5 Å². The Kier molecular flexibility index (Phi) is 3.29. The summed E-state index contributed by atoms with van der Waals surface area (Å²) in [6.07, 6.45) is 0.871. The van der Waals surface area contributed by atoms with Gasteiger partial charge >= 0.3 is 0 Å². The molecule has 0 fully saturated rings. The highest BCUT2D eigenvalue weighted by molar-refractivity contribution is 5.80. The van der Waals surface area contributed by atoms with Crippen molar-refractivity contribution < 1.29 is 0 Å². The van der Waals surface area contributed by atoms with Gasteiger partial charge in [0.25, 0.3) is 0 Å². The Morgan fingerprint density at radius 1 is 1.15 bits per heavy atom. The number of nitriles is 1. The number of hydrogen-bond donors (Lipinski definition) is 2. The van der Waals surface area contributed by atoms with Gasteiger partial charge in [0, 0.05) is 24.2 Å². The Balaban J connectivity index is 1.60. The predicted molar refractivity (Wildman–Crippen MR) is 77.2 cm³/mol. The number of anilines is 1. The topological polar surface area (TPSA) is 77.4 Å². The van der Waals surface area contributed by atoms with Crippen LogP contribution in [0.1, 0.15) is 11.4 Å². The first kappa shape index (κ1) is 12.2. The van der Waals surface area contributed by atoms with E-state index in [1.54, 1.807) is 12.1 Å². The zero-order valence-corrected chi connectivity index (χ0v) is 10.8. The number of nitrogens with one attached hydrogen (secondary N) is 2. The fraction of sp³-hybridized carbons (Fsp3) is 0.133. The minimum absolute atomic E-state index is 0.325. The highest BCUT2D eigenvalue weighted by Crippen LogP contribution is 2.14. The summed E-state index contributed by atoms with van der Waals surface area (Å²) in [6.45, 7) is 0.757. The maximum Gasteiger partial charge on any atom is 0.163 e. The molecular weight excluding hydrogens is 250 g/mol. The number of aromatic nitrogens is 3. The van der Waals surface area contributed by atoms with Crippen LogP contribution in [-0.2, 0) is 6.42 Å². The second kappa shape index (κ2) is 5.41. The first-order valence-electron chi connectivity index (χ1n) is 6.39. The van der Waals surface area contributed by atoms with Crippen LogP contribution < -0.4 is 5.32 Å². The average Bonchev–Trinajstić information content (AvgIpc) is 2.90. The summed E-state index contributed by atoms with van der Waals surface area (Å²) in [6, 6.07) is 15.7. The Bertz CT molecular complexity index is 719. The first-order valence-corrected chi connectivity index (χ1v) is 6.39. The van der Waals surface area contributed by atoms with Gasteiger partial charge in [0.15, 0.2) is 5.69 Å². The molecule has 3 rings (SSSR count). The van der Waals surface area contributed by atoms with Gasteiger partial charge in [0.1, 0.15) is 11.9 Å². The lowest BCUT2D eigenvalue weighted by molar-refractivity contribution is 0.943. The second-order valence-corrected chi connectivity index (χ2v) is 4.47. The van der Waals surface area contributed by atoms with Crippen LogP contribution in [0.2, 0.25) is 0 Å². The number of para-hydroxylation sites is 1. The van der Waals surface area contributed by atoms with E-state index in [0.717, 1.165) is 18.5 Å². The summed E-state index contributed by atoms with van der Waals surface area (Å²) in [5.74, 6) is 0.681. The molecule has 0 atom stereocenters. The largest absolute Gasteiger partial charge is 0.368 e. The Labute approximate surface area is 116 Å². The van der Waals surface area contributed by atoms with Crippen molar-refractivity contribution in [3.05, 3.63) is 53.9 Å². The molecule has 5 heteroatoms. The molecule has 0 aliphatic heterocycles. The molecule has 2 aromatic heterocycles. The number of benzene rings is 1. The third kappa shape index (κ3) is 2.59. The van der Waals surface area contributed by atoms with Crippen molar-refractivity contribution in [2.45, 2.75) is 6.42 Å². The molecule has 3 aromatic rings. The number of fused-ring (bicyclic) bond motifs is 1. The lowest BCUT2D eigenvalue weighted by Gasteiger charge is -2.03. The summed E-state index contributed by atoms with van der Waals surface area (Å²) in [4.78, 5) is 3.38. The van der Waals surface area contributed by atoms with Crippen molar-refractivity contribution >= 4 is 16.7 Å². The van der Waals surface area contributed by atoms with Gasteiger partial charge in [-0.2, -0.15) is 5.26 Å². The maximum atomic E-state index is 8.65. The molecule has 0 aliphatic rings. The minimum atomic E-state index is 0.325. The SMILES string of the molecule is N#Cc1ccc(NCCc2cc3ccccc3[nH]2)nn1. The molecule has 20 heavy (non-hydrogen) atoms. The molecule has 2 N–H and O–H groups in total. The van der Waals surface area contributed by atoms with Gasteiger partial charge in [-0.1, -0.05) is 18.2 Å². The molecule has 98 valence electrons. The van der Waals surface area contributed by atoms with Crippen molar-refractivity contribution in [1.29, 1.82) is 5.26 Å². The molecule has 0 aliphatic carbocycles. The van der Waals surface area contributed by atoms with Gasteiger partial charge < -0.3 is 10.3 Å². The normalized spacial score (nSPS) is 10.3. The molecule has 0 unspecified atom stereocenters. The van der Waals surface area contributed by atoms with Gasteiger partial charge in [-0.05, 0) is 29.7 Å². The summed E-state index contributed by atoms with van der Waals surface area (Å²) >= 11 is 0. The van der Waals surface area contributed by atoms with E-state index in [1.165, 1.54) is 11.1 Å². The molecule has 0 amide bonds. The van der Waals surface area contributed by atoms with Crippen molar-refractivity contribution in [2.24, 2.45) is 0 Å². The molecule has 1 aromatic carbocycles. The van der Waals surface area contributed by atoms with Crippen molar-refractivity contribution in [1.82, 2.24) is 15.2 Å². The summed E-state index contributed by atoms with van der Waals surface area (Å²) in [5, 5.41) is 20.8. The summed E-state index contributed by atoms with van der Waals surface area (Å²) in [5.41, 5.74) is 2.66. The van der Waals surface area contributed by atoms with Gasteiger partial charge in [-0.3, -0.25) is 0 Å². The van der Waals surface area contributed by atoms with E-state index in [4.69, 9.17) is 5.26 Å². The van der Waals surface area contributed by atoms with E-state index in [0.29, 0.717) is 11.5 Å². The fourth-order valence-corrected chi connectivity index (χ4v) is 2.08. The number of H-pyrrole nitrogens is 1. The monoisotopic (exact) mass is 263 g/mol. The molecular formula is C15H13N5. The smallest absolute Gasteiger partial charge is 0.163 e. The molecule has 0 bridgehead atoms. The molecule has 0 saturated heterocycles.